The van der Waals surface area contributed by atoms with E-state index in [4.69, 9.17) is 11.6 Å². The lowest BCUT2D eigenvalue weighted by Crippen LogP contribution is -2.37. The Hall–Kier alpha value is -1.29. The van der Waals surface area contributed by atoms with Crippen LogP contribution in [0.2, 0.25) is 5.02 Å². The average molecular weight is 260 g/mol. The highest BCUT2D eigenvalue weighted by molar-refractivity contribution is 6.30. The van der Waals surface area contributed by atoms with Gasteiger partial charge in [0, 0.05) is 17.0 Å². The summed E-state index contributed by atoms with van der Waals surface area (Å²) in [5.74, 6) is -0.342. The number of hydrogen-bond donors (Lipinski definition) is 1. The van der Waals surface area contributed by atoms with Crippen molar-refractivity contribution in [1.82, 2.24) is 5.32 Å². The number of rotatable bonds is 3. The topological polar surface area (TPSA) is 38.3 Å². The fourth-order valence-corrected chi connectivity index (χ4v) is 1.65. The molecule has 0 spiro atoms. The molecular weight excluding hydrogens is 245 g/mol. The zero-order valence-electron chi connectivity index (χ0n) is 10.0. The highest BCUT2D eigenvalue weighted by atomic mass is 35.5. The first-order valence-electron chi connectivity index (χ1n) is 5.14. The summed E-state index contributed by atoms with van der Waals surface area (Å²) >= 11 is 5.83. The molecule has 0 aliphatic rings. The van der Waals surface area contributed by atoms with Gasteiger partial charge in [-0.05, 0) is 23.8 Å². The number of ether oxygens (including phenoxy) is 1. The molecule has 0 heterocycles. The molecule has 0 saturated heterocycles. The zero-order chi connectivity index (χ0) is 13.1. The monoisotopic (exact) mass is 259 g/mol. The van der Waals surface area contributed by atoms with Crippen LogP contribution in [-0.2, 0) is 10.2 Å². The summed E-state index contributed by atoms with van der Waals surface area (Å²) in [6, 6.07) is 4.37. The van der Waals surface area contributed by atoms with E-state index < -0.39 is 11.5 Å². The van der Waals surface area contributed by atoms with Crippen LogP contribution in [0, 0.1) is 5.82 Å². The molecule has 0 bridgehead atoms. The highest BCUT2D eigenvalue weighted by Gasteiger charge is 2.25. The van der Waals surface area contributed by atoms with Crippen molar-refractivity contribution in [1.29, 1.82) is 0 Å². The molecule has 1 aromatic carbocycles. The maximum absolute atomic E-state index is 13.7. The fourth-order valence-electron chi connectivity index (χ4n) is 1.48. The van der Waals surface area contributed by atoms with Crippen LogP contribution in [0.1, 0.15) is 19.4 Å². The summed E-state index contributed by atoms with van der Waals surface area (Å²) in [4.78, 5) is 11.0. The first kappa shape index (κ1) is 13.8. The molecule has 3 nitrogen and oxygen atoms in total. The van der Waals surface area contributed by atoms with Crippen molar-refractivity contribution in [2.24, 2.45) is 0 Å². The van der Waals surface area contributed by atoms with E-state index in [2.05, 4.69) is 10.1 Å². The Bertz CT molecular complexity index is 421. The minimum Gasteiger partial charge on any atom is -0.453 e. The molecule has 1 amide bonds. The number of halogens is 2. The lowest BCUT2D eigenvalue weighted by Gasteiger charge is -2.26. The second-order valence-electron chi connectivity index (χ2n) is 4.35. The van der Waals surface area contributed by atoms with Gasteiger partial charge in [-0.1, -0.05) is 25.4 Å². The maximum atomic E-state index is 13.7. The molecule has 0 aliphatic carbocycles. The third kappa shape index (κ3) is 3.60. The van der Waals surface area contributed by atoms with Gasteiger partial charge in [0.1, 0.15) is 5.82 Å². The molecule has 0 atom stereocenters. The standard InChI is InChI=1S/C12H15ClFNO2/c1-12(2,7-15-11(16)17-3)9-6-8(13)4-5-10(9)14/h4-6H,7H2,1-3H3,(H,15,16). The van der Waals surface area contributed by atoms with Crippen molar-refractivity contribution in [3.05, 3.63) is 34.6 Å². The number of nitrogens with one attached hydrogen (secondary N) is 1. The van der Waals surface area contributed by atoms with Crippen LogP contribution >= 0.6 is 11.6 Å². The van der Waals surface area contributed by atoms with Gasteiger partial charge in [-0.2, -0.15) is 0 Å². The van der Waals surface area contributed by atoms with Gasteiger partial charge in [0.25, 0.3) is 0 Å². The number of carbonyl (C=O) groups excluding carboxylic acids is 1. The largest absolute Gasteiger partial charge is 0.453 e. The molecule has 94 valence electrons. The van der Waals surface area contributed by atoms with Gasteiger partial charge >= 0.3 is 6.09 Å². The van der Waals surface area contributed by atoms with E-state index in [1.165, 1.54) is 19.2 Å². The van der Waals surface area contributed by atoms with Crippen LogP contribution in [0.15, 0.2) is 18.2 Å². The predicted molar refractivity (Wildman–Crippen MR) is 64.8 cm³/mol. The summed E-state index contributed by atoms with van der Waals surface area (Å²) in [5, 5.41) is 3.01. The van der Waals surface area contributed by atoms with Crippen molar-refractivity contribution in [3.8, 4) is 0 Å². The molecule has 0 aliphatic heterocycles. The van der Waals surface area contributed by atoms with Gasteiger partial charge in [-0.3, -0.25) is 0 Å². The third-order valence-corrected chi connectivity index (χ3v) is 2.75. The minimum atomic E-state index is -0.566. The van der Waals surface area contributed by atoms with Gasteiger partial charge in [0.15, 0.2) is 0 Å². The van der Waals surface area contributed by atoms with Gasteiger partial charge in [-0.15, -0.1) is 0 Å². The molecule has 1 rings (SSSR count). The van der Waals surface area contributed by atoms with Crippen LogP contribution in [0.25, 0.3) is 0 Å². The van der Waals surface area contributed by atoms with Crippen LogP contribution in [0.3, 0.4) is 0 Å². The van der Waals surface area contributed by atoms with Crippen molar-refractivity contribution < 1.29 is 13.9 Å². The number of benzene rings is 1. The van der Waals surface area contributed by atoms with Gasteiger partial charge in [0.05, 0.1) is 7.11 Å². The number of hydrogen-bond acceptors (Lipinski definition) is 2. The molecule has 1 aromatic rings. The summed E-state index contributed by atoms with van der Waals surface area (Å²) in [6.45, 7) is 3.90. The summed E-state index contributed by atoms with van der Waals surface area (Å²) < 4.78 is 18.1. The Morgan fingerprint density at radius 2 is 2.18 bits per heavy atom. The SMILES string of the molecule is COC(=O)NCC(C)(C)c1cc(Cl)ccc1F. The van der Waals surface area contributed by atoms with Crippen LogP contribution in [0.5, 0.6) is 0 Å². The average Bonchev–Trinajstić information content (AvgIpc) is 2.29. The Balaban J connectivity index is 2.88. The molecule has 0 aromatic heterocycles. The summed E-state index contributed by atoms with van der Waals surface area (Å²) in [6.07, 6.45) is -0.541. The third-order valence-electron chi connectivity index (χ3n) is 2.52. The molecule has 1 N–H and O–H groups in total. The van der Waals surface area contributed by atoms with E-state index in [1.807, 2.05) is 13.8 Å². The number of carbonyl (C=O) groups is 1. The zero-order valence-corrected chi connectivity index (χ0v) is 10.8. The molecule has 0 unspecified atom stereocenters. The quantitative estimate of drug-likeness (QED) is 0.906. The summed E-state index contributed by atoms with van der Waals surface area (Å²) in [5.41, 5.74) is -0.107. The van der Waals surface area contributed by atoms with E-state index in [0.717, 1.165) is 0 Å². The van der Waals surface area contributed by atoms with E-state index >= 15 is 0 Å². The summed E-state index contributed by atoms with van der Waals surface area (Å²) in [7, 11) is 1.28. The molecule has 5 heteroatoms. The fraction of sp³-hybridized carbons (Fsp3) is 0.417. The molecule has 0 saturated carbocycles. The lowest BCUT2D eigenvalue weighted by molar-refractivity contribution is 0.168. The Morgan fingerprint density at radius 3 is 2.76 bits per heavy atom. The predicted octanol–water partition coefficient (Wildman–Crippen LogP) is 3.11. The molecule has 0 fully saturated rings. The first-order valence-corrected chi connectivity index (χ1v) is 5.52. The highest BCUT2D eigenvalue weighted by Crippen LogP contribution is 2.27. The number of alkyl carbamates (subject to hydrolysis) is 1. The van der Waals surface area contributed by atoms with Gasteiger partial charge in [-0.25, -0.2) is 9.18 Å². The first-order chi connectivity index (χ1) is 7.86. The van der Waals surface area contributed by atoms with Gasteiger partial charge in [0.2, 0.25) is 0 Å². The Morgan fingerprint density at radius 1 is 1.53 bits per heavy atom. The van der Waals surface area contributed by atoms with Gasteiger partial charge < -0.3 is 10.1 Å². The smallest absolute Gasteiger partial charge is 0.406 e. The van der Waals surface area contributed by atoms with E-state index in [9.17, 15) is 9.18 Å². The maximum Gasteiger partial charge on any atom is 0.406 e. The second-order valence-corrected chi connectivity index (χ2v) is 4.79. The minimum absolute atomic E-state index is 0.261. The van der Waals surface area contributed by atoms with E-state index in [0.29, 0.717) is 10.6 Å². The van der Waals surface area contributed by atoms with Crippen LogP contribution < -0.4 is 5.32 Å². The number of methoxy groups -OCH3 is 1. The van der Waals surface area contributed by atoms with E-state index in [1.54, 1.807) is 6.07 Å². The normalized spacial score (nSPS) is 11.1. The van der Waals surface area contributed by atoms with Crippen molar-refractivity contribution in [2.45, 2.75) is 19.3 Å². The molecule has 17 heavy (non-hydrogen) atoms. The number of amides is 1. The second kappa shape index (κ2) is 5.36. The van der Waals surface area contributed by atoms with Crippen molar-refractivity contribution in [3.63, 3.8) is 0 Å². The lowest BCUT2D eigenvalue weighted by atomic mass is 9.84. The molecular formula is C12H15ClFNO2. The van der Waals surface area contributed by atoms with Crippen LogP contribution in [0.4, 0.5) is 9.18 Å². The van der Waals surface area contributed by atoms with E-state index in [-0.39, 0.29) is 12.4 Å². The Kier molecular flexibility index (Phi) is 4.34. The van der Waals surface area contributed by atoms with Crippen LogP contribution in [-0.4, -0.2) is 19.7 Å². The Labute approximate surface area is 105 Å². The van der Waals surface area contributed by atoms with Crippen molar-refractivity contribution in [2.75, 3.05) is 13.7 Å². The van der Waals surface area contributed by atoms with Crippen molar-refractivity contribution >= 4 is 17.7 Å². The molecule has 0 radical (unpaired) electrons.